The molecule has 0 unspecified atom stereocenters. The van der Waals surface area contributed by atoms with E-state index in [0.717, 1.165) is 29.7 Å². The minimum Gasteiger partial charge on any atom is -0.310 e. The number of rotatable bonds is 6. The number of aromatic amines is 1. The van der Waals surface area contributed by atoms with Crippen molar-refractivity contribution in [3.05, 3.63) is 106 Å². The number of benzene rings is 2. The van der Waals surface area contributed by atoms with E-state index in [2.05, 4.69) is 20.4 Å². The van der Waals surface area contributed by atoms with E-state index in [0.29, 0.717) is 17.4 Å². The molecule has 7 heteroatoms. The van der Waals surface area contributed by atoms with Gasteiger partial charge in [0.15, 0.2) is 0 Å². The van der Waals surface area contributed by atoms with Crippen LogP contribution in [0.1, 0.15) is 47.2 Å². The Hall–Kier alpha value is -4.00. The Bertz CT molecular complexity index is 1270. The van der Waals surface area contributed by atoms with Crippen molar-refractivity contribution < 1.29 is 4.79 Å². The zero-order valence-electron chi connectivity index (χ0n) is 17.7. The molecule has 160 valence electrons. The number of hydrogen-bond acceptors (Lipinski definition) is 4. The van der Waals surface area contributed by atoms with Crippen molar-refractivity contribution in [2.24, 2.45) is 0 Å². The predicted octanol–water partition coefficient (Wildman–Crippen LogP) is 3.91. The van der Waals surface area contributed by atoms with Gasteiger partial charge in [-0.2, -0.15) is 9.78 Å². The number of carbonyl (C=O) groups excluding carboxylic acids is 1. The van der Waals surface area contributed by atoms with E-state index >= 15 is 0 Å². The van der Waals surface area contributed by atoms with E-state index in [-0.39, 0.29) is 17.4 Å². The van der Waals surface area contributed by atoms with E-state index in [1.54, 1.807) is 6.92 Å². The molecule has 5 rings (SSSR count). The minimum atomic E-state index is -0.491. The SMILES string of the molecule is Cc1cc(=O)[nH]c(-n2nc(C3CC3)cc2NC(=O)C(c2ccccc2)c2ccccc2)n1. The largest absolute Gasteiger partial charge is 0.310 e. The molecule has 0 bridgehead atoms. The Morgan fingerprint density at radius 2 is 1.66 bits per heavy atom. The van der Waals surface area contributed by atoms with Gasteiger partial charge in [-0.05, 0) is 30.9 Å². The van der Waals surface area contributed by atoms with E-state index in [1.165, 1.54) is 10.7 Å². The van der Waals surface area contributed by atoms with Gasteiger partial charge in [0, 0.05) is 23.7 Å². The molecule has 1 amide bonds. The van der Waals surface area contributed by atoms with E-state index < -0.39 is 5.92 Å². The standard InChI is InChI=1S/C25H23N5O2/c1-16-14-22(31)28-25(26-16)30-21(15-20(29-30)17-12-13-17)27-24(32)23(18-8-4-2-5-9-18)19-10-6-3-7-11-19/h2-11,14-15,17,23H,12-13H2,1H3,(H,27,32)(H,26,28,31). The number of carbonyl (C=O) groups is 1. The highest BCUT2D eigenvalue weighted by molar-refractivity contribution is 5.97. The van der Waals surface area contributed by atoms with Gasteiger partial charge in [0.05, 0.1) is 11.6 Å². The molecular formula is C25H23N5O2. The Balaban J connectivity index is 1.55. The molecule has 4 aromatic rings. The van der Waals surface area contributed by atoms with E-state index in [9.17, 15) is 9.59 Å². The molecule has 32 heavy (non-hydrogen) atoms. The van der Waals surface area contributed by atoms with Crippen molar-refractivity contribution >= 4 is 11.7 Å². The fraction of sp³-hybridized carbons (Fsp3) is 0.200. The molecule has 0 saturated heterocycles. The number of aromatic nitrogens is 4. The molecule has 0 atom stereocenters. The van der Waals surface area contributed by atoms with Crippen molar-refractivity contribution in [1.82, 2.24) is 19.7 Å². The molecule has 2 heterocycles. The van der Waals surface area contributed by atoms with Gasteiger partial charge in [0.1, 0.15) is 5.82 Å². The molecule has 1 aliphatic rings. The second kappa shape index (κ2) is 8.26. The van der Waals surface area contributed by atoms with Crippen molar-refractivity contribution in [2.75, 3.05) is 5.32 Å². The van der Waals surface area contributed by atoms with Gasteiger partial charge < -0.3 is 5.32 Å². The molecule has 1 aliphatic carbocycles. The van der Waals surface area contributed by atoms with Gasteiger partial charge in [-0.15, -0.1) is 0 Å². The minimum absolute atomic E-state index is 0.180. The van der Waals surface area contributed by atoms with E-state index in [1.807, 2.05) is 66.7 Å². The average molecular weight is 425 g/mol. The lowest BCUT2D eigenvalue weighted by Crippen LogP contribution is -2.24. The normalized spacial score (nSPS) is 13.3. The Kier molecular flexibility index (Phi) is 5.15. The number of aryl methyl sites for hydroxylation is 1. The number of nitrogens with one attached hydrogen (secondary N) is 2. The van der Waals surface area contributed by atoms with Crippen LogP contribution in [-0.2, 0) is 4.79 Å². The number of hydrogen-bond donors (Lipinski definition) is 2. The highest BCUT2D eigenvalue weighted by Gasteiger charge is 2.30. The van der Waals surface area contributed by atoms with Crippen LogP contribution in [0.5, 0.6) is 0 Å². The van der Waals surface area contributed by atoms with Crippen LogP contribution in [-0.4, -0.2) is 25.7 Å². The monoisotopic (exact) mass is 425 g/mol. The predicted molar refractivity (Wildman–Crippen MR) is 122 cm³/mol. The summed E-state index contributed by atoms with van der Waals surface area (Å²) in [6.45, 7) is 1.75. The maximum absolute atomic E-state index is 13.6. The summed E-state index contributed by atoms with van der Waals surface area (Å²) < 4.78 is 1.52. The van der Waals surface area contributed by atoms with Crippen molar-refractivity contribution in [2.45, 2.75) is 31.6 Å². The summed E-state index contributed by atoms with van der Waals surface area (Å²) in [5.41, 5.74) is 3.00. The smallest absolute Gasteiger partial charge is 0.252 e. The maximum Gasteiger partial charge on any atom is 0.252 e. The lowest BCUT2D eigenvalue weighted by atomic mass is 9.90. The Morgan fingerprint density at radius 1 is 1.03 bits per heavy atom. The Labute approximate surface area is 185 Å². The molecular weight excluding hydrogens is 402 g/mol. The second-order valence-corrected chi connectivity index (χ2v) is 8.09. The van der Waals surface area contributed by atoms with Gasteiger partial charge >= 0.3 is 0 Å². The van der Waals surface area contributed by atoms with Crippen molar-refractivity contribution in [3.63, 3.8) is 0 Å². The van der Waals surface area contributed by atoms with Crippen LogP contribution in [0.15, 0.2) is 77.6 Å². The molecule has 0 spiro atoms. The third kappa shape index (κ3) is 4.09. The molecule has 2 N–H and O–H groups in total. The first-order valence-corrected chi connectivity index (χ1v) is 10.7. The summed E-state index contributed by atoms with van der Waals surface area (Å²) in [5.74, 6) is 0.480. The van der Waals surface area contributed by atoms with Crippen LogP contribution in [0, 0.1) is 6.92 Å². The second-order valence-electron chi connectivity index (χ2n) is 8.09. The highest BCUT2D eigenvalue weighted by Crippen LogP contribution is 2.40. The first-order chi connectivity index (χ1) is 15.6. The zero-order chi connectivity index (χ0) is 22.1. The molecule has 0 aliphatic heterocycles. The van der Waals surface area contributed by atoms with Gasteiger partial charge in [-0.1, -0.05) is 60.7 Å². The van der Waals surface area contributed by atoms with Crippen LogP contribution >= 0.6 is 0 Å². The molecule has 1 saturated carbocycles. The number of anilines is 1. The van der Waals surface area contributed by atoms with Crippen LogP contribution in [0.4, 0.5) is 5.82 Å². The topological polar surface area (TPSA) is 92.7 Å². The van der Waals surface area contributed by atoms with E-state index in [4.69, 9.17) is 0 Å². The first-order valence-electron chi connectivity index (χ1n) is 10.7. The van der Waals surface area contributed by atoms with Gasteiger partial charge in [-0.3, -0.25) is 14.6 Å². The number of H-pyrrole nitrogens is 1. The fourth-order valence-electron chi connectivity index (χ4n) is 3.88. The van der Waals surface area contributed by atoms with Gasteiger partial charge in [0.2, 0.25) is 11.9 Å². The summed E-state index contributed by atoms with van der Waals surface area (Å²) in [5, 5.41) is 7.70. The average Bonchev–Trinajstić information content (AvgIpc) is 3.55. The van der Waals surface area contributed by atoms with Gasteiger partial charge in [0.25, 0.3) is 5.56 Å². The third-order valence-electron chi connectivity index (χ3n) is 5.56. The molecule has 2 aromatic heterocycles. The fourth-order valence-corrected chi connectivity index (χ4v) is 3.88. The van der Waals surface area contributed by atoms with Crippen molar-refractivity contribution in [1.29, 1.82) is 0 Å². The molecule has 0 radical (unpaired) electrons. The van der Waals surface area contributed by atoms with Crippen molar-refractivity contribution in [3.8, 4) is 5.95 Å². The summed E-state index contributed by atoms with van der Waals surface area (Å²) in [7, 11) is 0. The third-order valence-corrected chi connectivity index (χ3v) is 5.56. The molecule has 7 nitrogen and oxygen atoms in total. The number of amides is 1. The lowest BCUT2D eigenvalue weighted by Gasteiger charge is -2.18. The summed E-state index contributed by atoms with van der Waals surface area (Å²) in [6.07, 6.45) is 2.14. The molecule has 1 fully saturated rings. The summed E-state index contributed by atoms with van der Waals surface area (Å²) in [4.78, 5) is 32.8. The quantitative estimate of drug-likeness (QED) is 0.490. The van der Waals surface area contributed by atoms with Crippen LogP contribution in [0.25, 0.3) is 5.95 Å². The maximum atomic E-state index is 13.6. The first kappa shape index (κ1) is 19.9. The summed E-state index contributed by atoms with van der Waals surface area (Å²) in [6, 6.07) is 22.7. The Morgan fingerprint density at radius 3 is 2.22 bits per heavy atom. The summed E-state index contributed by atoms with van der Waals surface area (Å²) >= 11 is 0. The van der Waals surface area contributed by atoms with Gasteiger partial charge in [-0.25, -0.2) is 4.98 Å². The van der Waals surface area contributed by atoms with Crippen LogP contribution in [0.3, 0.4) is 0 Å². The van der Waals surface area contributed by atoms with Crippen LogP contribution < -0.4 is 10.9 Å². The lowest BCUT2D eigenvalue weighted by molar-refractivity contribution is -0.116. The zero-order valence-corrected chi connectivity index (χ0v) is 17.7. The molecule has 2 aromatic carbocycles. The number of nitrogens with zero attached hydrogens (tertiary/aromatic N) is 3. The highest BCUT2D eigenvalue weighted by atomic mass is 16.2. The van der Waals surface area contributed by atoms with Crippen LogP contribution in [0.2, 0.25) is 0 Å².